The highest BCUT2D eigenvalue weighted by molar-refractivity contribution is 7.12. The number of ketones is 1. The molecule has 0 spiro atoms. The molecule has 1 amide bonds. The van der Waals surface area contributed by atoms with Gasteiger partial charge in [0.1, 0.15) is 5.69 Å². The van der Waals surface area contributed by atoms with Crippen LogP contribution in [0.4, 0.5) is 0 Å². The van der Waals surface area contributed by atoms with Crippen LogP contribution in [0.3, 0.4) is 0 Å². The van der Waals surface area contributed by atoms with Crippen LogP contribution in [-0.4, -0.2) is 46.8 Å². The molecule has 0 bridgehead atoms. The maximum Gasteiger partial charge on any atom is 0.355 e. The summed E-state index contributed by atoms with van der Waals surface area (Å²) in [5, 5.41) is 1.82. The molecule has 0 saturated carbocycles. The van der Waals surface area contributed by atoms with Crippen molar-refractivity contribution in [1.29, 1.82) is 0 Å². The Morgan fingerprint density at radius 2 is 1.96 bits per heavy atom. The lowest BCUT2D eigenvalue weighted by Gasteiger charge is -2.23. The average Bonchev–Trinajstić information content (AvgIpc) is 3.21. The highest BCUT2D eigenvalue weighted by Gasteiger charge is 2.31. The quantitative estimate of drug-likeness (QED) is 0.573. The van der Waals surface area contributed by atoms with Gasteiger partial charge in [0.15, 0.2) is 5.78 Å². The normalized spacial score (nSPS) is 11.9. The molecule has 0 aliphatic heterocycles. The molecule has 0 N–H and O–H groups in total. The summed E-state index contributed by atoms with van der Waals surface area (Å²) in [5.41, 5.74) is 2.10. The molecule has 1 atom stereocenters. The molecule has 0 fully saturated rings. The highest BCUT2D eigenvalue weighted by atomic mass is 32.1. The molecule has 7 heteroatoms. The van der Waals surface area contributed by atoms with E-state index in [1.807, 2.05) is 5.38 Å². The number of likely N-dealkylation sites (N-methyl/N-ethyl adjacent to an activating group) is 1. The number of hydrogen-bond acceptors (Lipinski definition) is 5. The lowest BCUT2D eigenvalue weighted by Crippen LogP contribution is -2.40. The first-order chi connectivity index (χ1) is 12.2. The van der Waals surface area contributed by atoms with Gasteiger partial charge < -0.3 is 14.2 Å². The Balaban J connectivity index is 2.36. The van der Waals surface area contributed by atoms with E-state index in [-0.39, 0.29) is 18.3 Å². The molecule has 2 rings (SSSR count). The number of thiophene rings is 1. The minimum atomic E-state index is -0.653. The Morgan fingerprint density at radius 3 is 2.50 bits per heavy atom. The number of carbonyl (C=O) groups excluding carboxylic acids is 3. The smallest absolute Gasteiger partial charge is 0.355 e. The first-order valence-electron chi connectivity index (χ1n) is 8.40. The van der Waals surface area contributed by atoms with E-state index < -0.39 is 12.0 Å². The molecule has 0 aliphatic rings. The summed E-state index contributed by atoms with van der Waals surface area (Å²) in [5.74, 6) is -0.846. The third-order valence-electron chi connectivity index (χ3n) is 4.66. The molecule has 2 heterocycles. The van der Waals surface area contributed by atoms with Crippen molar-refractivity contribution in [2.24, 2.45) is 7.05 Å². The van der Waals surface area contributed by atoms with Crippen molar-refractivity contribution in [1.82, 2.24) is 9.47 Å². The number of esters is 1. The fourth-order valence-corrected chi connectivity index (χ4v) is 3.67. The number of ether oxygens (including phenoxy) is 1. The van der Waals surface area contributed by atoms with Crippen LogP contribution in [0.2, 0.25) is 0 Å². The third kappa shape index (κ3) is 3.44. The molecule has 0 saturated heterocycles. The van der Waals surface area contributed by atoms with Crippen molar-refractivity contribution in [3.8, 4) is 0 Å². The van der Waals surface area contributed by atoms with Crippen LogP contribution >= 0.6 is 11.3 Å². The van der Waals surface area contributed by atoms with Gasteiger partial charge in [0.2, 0.25) is 0 Å². The number of aromatic nitrogens is 1. The van der Waals surface area contributed by atoms with Crippen molar-refractivity contribution in [3.05, 3.63) is 44.9 Å². The molecule has 2 aromatic heterocycles. The SMILES string of the molecule is CCOC(=O)c1c(C)c(C(=O)C(C)N(C)C(=O)c2cccs2)c(C)n1C. The highest BCUT2D eigenvalue weighted by Crippen LogP contribution is 2.25. The fraction of sp³-hybridized carbons (Fsp3) is 0.421. The zero-order valence-corrected chi connectivity index (χ0v) is 16.8. The van der Waals surface area contributed by atoms with Crippen LogP contribution in [0.25, 0.3) is 0 Å². The molecule has 0 aliphatic carbocycles. The maximum atomic E-state index is 13.1. The predicted octanol–water partition coefficient (Wildman–Crippen LogP) is 3.22. The van der Waals surface area contributed by atoms with Gasteiger partial charge in [-0.15, -0.1) is 11.3 Å². The van der Waals surface area contributed by atoms with Crippen LogP contribution in [-0.2, 0) is 11.8 Å². The van der Waals surface area contributed by atoms with E-state index in [9.17, 15) is 14.4 Å². The average molecular weight is 376 g/mol. The summed E-state index contributed by atoms with van der Waals surface area (Å²) in [6.07, 6.45) is 0. The van der Waals surface area contributed by atoms with Crippen LogP contribution in [0.5, 0.6) is 0 Å². The fourth-order valence-electron chi connectivity index (χ4n) is 2.96. The van der Waals surface area contributed by atoms with Gasteiger partial charge in [0, 0.05) is 25.4 Å². The summed E-state index contributed by atoms with van der Waals surface area (Å²) >= 11 is 1.34. The van der Waals surface area contributed by atoms with Crippen molar-refractivity contribution >= 4 is 29.0 Å². The Hall–Kier alpha value is -2.41. The van der Waals surface area contributed by atoms with Gasteiger partial charge in [0.25, 0.3) is 5.91 Å². The van der Waals surface area contributed by atoms with Crippen molar-refractivity contribution in [2.75, 3.05) is 13.7 Å². The summed E-state index contributed by atoms with van der Waals surface area (Å²) in [6.45, 7) is 7.23. The van der Waals surface area contributed by atoms with Crippen LogP contribution in [0, 0.1) is 13.8 Å². The largest absolute Gasteiger partial charge is 0.461 e. The molecular formula is C19H24N2O4S. The zero-order valence-electron chi connectivity index (χ0n) is 16.0. The summed E-state index contributed by atoms with van der Waals surface area (Å²) in [7, 11) is 3.35. The standard InChI is InChI=1S/C19H24N2O4S/c1-7-25-19(24)16-11(2)15(12(3)20(16)5)17(22)13(4)21(6)18(23)14-9-8-10-26-14/h8-10,13H,7H2,1-6H3. The Kier molecular flexibility index (Phi) is 6.02. The molecule has 0 aromatic carbocycles. The Bertz CT molecular complexity index is 836. The van der Waals surface area contributed by atoms with Gasteiger partial charge in [-0.1, -0.05) is 6.07 Å². The molecule has 0 radical (unpaired) electrons. The van der Waals surface area contributed by atoms with Crippen molar-refractivity contribution < 1.29 is 19.1 Å². The van der Waals surface area contributed by atoms with E-state index in [1.54, 1.807) is 58.5 Å². The zero-order chi connectivity index (χ0) is 19.6. The minimum absolute atomic E-state index is 0.196. The number of amides is 1. The topological polar surface area (TPSA) is 68.6 Å². The number of Topliss-reactive ketones (excluding diaryl/α,β-unsaturated/α-hetero) is 1. The van der Waals surface area contributed by atoms with E-state index in [1.165, 1.54) is 16.2 Å². The number of nitrogens with zero attached hydrogens (tertiary/aromatic N) is 2. The van der Waals surface area contributed by atoms with Gasteiger partial charge in [-0.3, -0.25) is 9.59 Å². The molecule has 26 heavy (non-hydrogen) atoms. The van der Waals surface area contributed by atoms with Crippen molar-refractivity contribution in [3.63, 3.8) is 0 Å². The van der Waals surface area contributed by atoms with Crippen molar-refractivity contribution in [2.45, 2.75) is 33.7 Å². The molecule has 2 aromatic rings. The monoisotopic (exact) mass is 376 g/mol. The summed E-state index contributed by atoms with van der Waals surface area (Å²) in [6, 6.07) is 2.88. The third-order valence-corrected chi connectivity index (χ3v) is 5.52. The summed E-state index contributed by atoms with van der Waals surface area (Å²) < 4.78 is 6.77. The number of hydrogen-bond donors (Lipinski definition) is 0. The number of rotatable bonds is 6. The van der Waals surface area contributed by atoms with Gasteiger partial charge in [0.05, 0.1) is 17.5 Å². The van der Waals surface area contributed by atoms with Gasteiger partial charge in [-0.25, -0.2) is 4.79 Å². The minimum Gasteiger partial charge on any atom is -0.461 e. The molecule has 6 nitrogen and oxygen atoms in total. The van der Waals surface area contributed by atoms with E-state index in [4.69, 9.17) is 4.74 Å². The van der Waals surface area contributed by atoms with Gasteiger partial charge >= 0.3 is 5.97 Å². The van der Waals surface area contributed by atoms with Gasteiger partial charge in [-0.05, 0) is 44.7 Å². The maximum absolute atomic E-state index is 13.1. The first-order valence-corrected chi connectivity index (χ1v) is 9.28. The van der Waals surface area contributed by atoms with E-state index in [2.05, 4.69) is 0 Å². The number of carbonyl (C=O) groups is 3. The summed E-state index contributed by atoms with van der Waals surface area (Å²) in [4.78, 5) is 39.9. The Morgan fingerprint density at radius 1 is 1.31 bits per heavy atom. The van der Waals surface area contributed by atoms with Crippen LogP contribution < -0.4 is 0 Å². The lowest BCUT2D eigenvalue weighted by molar-refractivity contribution is 0.0514. The molecule has 140 valence electrons. The molecule has 1 unspecified atom stereocenters. The van der Waals surface area contributed by atoms with E-state index >= 15 is 0 Å². The van der Waals surface area contributed by atoms with Gasteiger partial charge in [-0.2, -0.15) is 0 Å². The Labute approximate surface area is 157 Å². The first kappa shape index (κ1) is 19.9. The lowest BCUT2D eigenvalue weighted by atomic mass is 10.00. The van der Waals surface area contributed by atoms with Crippen LogP contribution in [0.1, 0.15) is 55.6 Å². The second-order valence-corrected chi connectivity index (χ2v) is 7.09. The second kappa shape index (κ2) is 7.86. The second-order valence-electron chi connectivity index (χ2n) is 6.15. The van der Waals surface area contributed by atoms with Crippen LogP contribution in [0.15, 0.2) is 17.5 Å². The van der Waals surface area contributed by atoms with E-state index in [0.717, 1.165) is 0 Å². The molecular weight excluding hydrogens is 352 g/mol. The van der Waals surface area contributed by atoms with E-state index in [0.29, 0.717) is 27.4 Å². The predicted molar refractivity (Wildman–Crippen MR) is 101 cm³/mol.